The molecule has 2 aromatic carbocycles. The Kier molecular flexibility index (Phi) is 7.15. The molecule has 0 fully saturated rings. The van der Waals surface area contributed by atoms with E-state index in [0.29, 0.717) is 28.7 Å². The topological polar surface area (TPSA) is 62.8 Å². The van der Waals surface area contributed by atoms with Crippen LogP contribution < -0.4 is 20.1 Å². The fourth-order valence-electron chi connectivity index (χ4n) is 3.86. The van der Waals surface area contributed by atoms with Crippen molar-refractivity contribution >= 4 is 23.2 Å². The van der Waals surface area contributed by atoms with Crippen molar-refractivity contribution in [1.29, 1.82) is 0 Å². The van der Waals surface area contributed by atoms with E-state index >= 15 is 0 Å². The molecule has 0 saturated heterocycles. The van der Waals surface area contributed by atoms with Crippen molar-refractivity contribution in [2.45, 2.75) is 26.3 Å². The first-order valence-corrected chi connectivity index (χ1v) is 10.5. The lowest BCUT2D eigenvalue weighted by molar-refractivity contribution is 0.0941. The molecule has 3 rings (SSSR count). The third-order valence-corrected chi connectivity index (χ3v) is 5.82. The zero-order valence-corrected chi connectivity index (χ0v) is 18.8. The molecule has 0 aliphatic carbocycles. The van der Waals surface area contributed by atoms with Crippen molar-refractivity contribution in [3.05, 3.63) is 58.7 Å². The van der Waals surface area contributed by atoms with Gasteiger partial charge >= 0.3 is 0 Å². The van der Waals surface area contributed by atoms with Gasteiger partial charge in [0.25, 0.3) is 5.91 Å². The second-order valence-corrected chi connectivity index (χ2v) is 7.61. The summed E-state index contributed by atoms with van der Waals surface area (Å²) in [6.45, 7) is 5.90. The summed E-state index contributed by atoms with van der Waals surface area (Å²) >= 11 is 5.63. The number of hydrogen-bond donors (Lipinski definition) is 2. The molecule has 0 saturated carbocycles. The van der Waals surface area contributed by atoms with E-state index in [0.717, 1.165) is 30.6 Å². The molecule has 1 aliphatic rings. The largest absolute Gasteiger partial charge is 0.493 e. The van der Waals surface area contributed by atoms with Gasteiger partial charge in [-0.05, 0) is 67.4 Å². The number of carbonyl (C=O) groups is 1. The molecule has 0 radical (unpaired) electrons. The van der Waals surface area contributed by atoms with Gasteiger partial charge in [-0.1, -0.05) is 18.2 Å². The Morgan fingerprint density at radius 2 is 1.87 bits per heavy atom. The molecule has 160 valence electrons. The molecule has 2 aromatic rings. The fraction of sp³-hybridized carbons (Fsp3) is 0.391. The van der Waals surface area contributed by atoms with E-state index in [1.165, 1.54) is 5.56 Å². The van der Waals surface area contributed by atoms with Crippen molar-refractivity contribution in [2.24, 2.45) is 0 Å². The third-order valence-electron chi connectivity index (χ3n) is 5.44. The maximum Gasteiger partial charge on any atom is 0.251 e. The molecule has 2 N–H and O–H groups in total. The van der Waals surface area contributed by atoms with Crippen LogP contribution in [0.4, 0.5) is 0 Å². The van der Waals surface area contributed by atoms with Crippen LogP contribution in [0, 0.1) is 6.92 Å². The monoisotopic (exact) mass is 427 g/mol. The summed E-state index contributed by atoms with van der Waals surface area (Å²) in [7, 11) is 3.27. The van der Waals surface area contributed by atoms with Gasteiger partial charge in [0, 0.05) is 25.2 Å². The van der Waals surface area contributed by atoms with Gasteiger partial charge in [0.1, 0.15) is 0 Å². The van der Waals surface area contributed by atoms with E-state index in [1.54, 1.807) is 14.2 Å². The smallest absolute Gasteiger partial charge is 0.251 e. The molecule has 0 aromatic heterocycles. The summed E-state index contributed by atoms with van der Waals surface area (Å²) in [5.74, 6) is 1.29. The van der Waals surface area contributed by atoms with Gasteiger partial charge in [0.2, 0.25) is 0 Å². The number of amides is 1. The molecule has 1 heterocycles. The van der Waals surface area contributed by atoms with E-state index in [2.05, 4.69) is 15.5 Å². The van der Waals surface area contributed by atoms with Crippen LogP contribution in [-0.4, -0.2) is 49.8 Å². The minimum atomic E-state index is -0.104. The zero-order chi connectivity index (χ0) is 21.7. The second-order valence-electron chi connectivity index (χ2n) is 7.23. The van der Waals surface area contributed by atoms with Gasteiger partial charge in [-0.25, -0.2) is 0 Å². The summed E-state index contributed by atoms with van der Waals surface area (Å²) < 4.78 is 11.0. The first kappa shape index (κ1) is 21.9. The Hall–Kier alpha value is -2.80. The number of hydrogen-bond acceptors (Lipinski definition) is 4. The Morgan fingerprint density at radius 1 is 1.17 bits per heavy atom. The first-order valence-electron chi connectivity index (χ1n) is 10.1. The van der Waals surface area contributed by atoms with E-state index in [9.17, 15) is 4.79 Å². The molecule has 1 amide bonds. The van der Waals surface area contributed by atoms with Crippen molar-refractivity contribution in [3.8, 4) is 11.5 Å². The van der Waals surface area contributed by atoms with Crippen LogP contribution in [0.15, 0.2) is 36.4 Å². The standard InChI is InChI=1S/C23H29N3O3S/c1-5-24-23(30)26-11-10-16-12-20(28-3)21(29-4)13-18(16)19(26)14-25-22(27)17-9-7-6-8-15(17)2/h6-9,12-13,19H,5,10-11,14H2,1-4H3,(H,24,30)(H,25,27)/t19-/m0/s1. The van der Waals surface area contributed by atoms with Crippen LogP contribution in [0.1, 0.15) is 40.0 Å². The van der Waals surface area contributed by atoms with Gasteiger partial charge in [-0.2, -0.15) is 0 Å². The maximum atomic E-state index is 12.8. The molecular formula is C23H29N3O3S. The molecule has 0 spiro atoms. The highest BCUT2D eigenvalue weighted by molar-refractivity contribution is 7.80. The van der Waals surface area contributed by atoms with Crippen LogP contribution >= 0.6 is 12.2 Å². The predicted molar refractivity (Wildman–Crippen MR) is 122 cm³/mol. The quantitative estimate of drug-likeness (QED) is 0.690. The van der Waals surface area contributed by atoms with E-state index in [1.807, 2.05) is 50.2 Å². The lowest BCUT2D eigenvalue weighted by Gasteiger charge is -2.39. The summed E-state index contributed by atoms with van der Waals surface area (Å²) in [6, 6.07) is 11.5. The minimum absolute atomic E-state index is 0.0879. The number of fused-ring (bicyclic) bond motifs is 1. The molecule has 1 atom stereocenters. The lowest BCUT2D eigenvalue weighted by Crippen LogP contribution is -2.49. The summed E-state index contributed by atoms with van der Waals surface area (Å²) in [6.07, 6.45) is 0.837. The van der Waals surface area contributed by atoms with Crippen LogP contribution in [-0.2, 0) is 6.42 Å². The zero-order valence-electron chi connectivity index (χ0n) is 18.0. The van der Waals surface area contributed by atoms with Crippen LogP contribution in [0.25, 0.3) is 0 Å². The highest BCUT2D eigenvalue weighted by Gasteiger charge is 2.31. The highest BCUT2D eigenvalue weighted by Crippen LogP contribution is 2.38. The molecule has 6 nitrogen and oxygen atoms in total. The van der Waals surface area contributed by atoms with E-state index in [-0.39, 0.29) is 11.9 Å². The Labute approximate surface area is 183 Å². The molecule has 0 unspecified atom stereocenters. The molecule has 0 bridgehead atoms. The summed E-state index contributed by atoms with van der Waals surface area (Å²) in [5.41, 5.74) is 3.90. The number of ether oxygens (including phenoxy) is 2. The molecule has 1 aliphatic heterocycles. The number of aryl methyl sites for hydroxylation is 1. The first-order chi connectivity index (χ1) is 14.5. The number of thiocarbonyl (C=S) groups is 1. The normalized spacial score (nSPS) is 15.2. The van der Waals surface area contributed by atoms with Crippen molar-refractivity contribution in [1.82, 2.24) is 15.5 Å². The molecule has 30 heavy (non-hydrogen) atoms. The van der Waals surface area contributed by atoms with Crippen LogP contribution in [0.5, 0.6) is 11.5 Å². The van der Waals surface area contributed by atoms with Crippen LogP contribution in [0.3, 0.4) is 0 Å². The Bertz CT molecular complexity index is 932. The predicted octanol–water partition coefficient (Wildman–Crippen LogP) is 3.24. The average molecular weight is 428 g/mol. The van der Waals surface area contributed by atoms with E-state index < -0.39 is 0 Å². The number of carbonyl (C=O) groups excluding carboxylic acids is 1. The number of rotatable bonds is 6. The van der Waals surface area contributed by atoms with Gasteiger partial charge in [-0.15, -0.1) is 0 Å². The van der Waals surface area contributed by atoms with Crippen LogP contribution in [0.2, 0.25) is 0 Å². The van der Waals surface area contributed by atoms with Gasteiger partial charge in [0.15, 0.2) is 16.6 Å². The molecular weight excluding hydrogens is 398 g/mol. The highest BCUT2D eigenvalue weighted by atomic mass is 32.1. The van der Waals surface area contributed by atoms with Crippen molar-refractivity contribution in [3.63, 3.8) is 0 Å². The third kappa shape index (κ3) is 4.51. The number of nitrogens with zero attached hydrogens (tertiary/aromatic N) is 1. The van der Waals surface area contributed by atoms with Gasteiger partial charge in [-0.3, -0.25) is 4.79 Å². The molecule has 7 heteroatoms. The maximum absolute atomic E-state index is 12.8. The lowest BCUT2D eigenvalue weighted by atomic mass is 9.91. The summed E-state index contributed by atoms with van der Waals surface area (Å²) in [5, 5.41) is 7.04. The van der Waals surface area contributed by atoms with Crippen molar-refractivity contribution < 1.29 is 14.3 Å². The fourth-order valence-corrected chi connectivity index (χ4v) is 4.22. The minimum Gasteiger partial charge on any atom is -0.493 e. The number of nitrogens with one attached hydrogen (secondary N) is 2. The Balaban J connectivity index is 1.91. The van der Waals surface area contributed by atoms with Crippen molar-refractivity contribution in [2.75, 3.05) is 33.9 Å². The van der Waals surface area contributed by atoms with Gasteiger partial charge < -0.3 is 25.0 Å². The Morgan fingerprint density at radius 3 is 2.53 bits per heavy atom. The average Bonchev–Trinajstić information content (AvgIpc) is 2.76. The van der Waals surface area contributed by atoms with E-state index in [4.69, 9.17) is 21.7 Å². The SMILES string of the molecule is CCNC(=S)N1CCc2cc(OC)c(OC)cc2[C@@H]1CNC(=O)c1ccccc1C. The summed E-state index contributed by atoms with van der Waals surface area (Å²) in [4.78, 5) is 15.0. The van der Waals surface area contributed by atoms with Gasteiger partial charge in [0.05, 0.1) is 20.3 Å². The number of benzene rings is 2. The second kappa shape index (κ2) is 9.80. The number of methoxy groups -OCH3 is 2.